The molecule has 102 valence electrons. The smallest absolute Gasteiger partial charge is 0.121 e. The monoisotopic (exact) mass is 259 g/mol. The lowest BCUT2D eigenvalue weighted by molar-refractivity contribution is 0.415. The van der Waals surface area contributed by atoms with Crippen LogP contribution in [0.5, 0.6) is 5.75 Å². The van der Waals surface area contributed by atoms with Gasteiger partial charge in [-0.25, -0.2) is 4.98 Å². The van der Waals surface area contributed by atoms with Crippen molar-refractivity contribution in [3.05, 3.63) is 24.0 Å². The summed E-state index contributed by atoms with van der Waals surface area (Å²) in [6.07, 6.45) is 4.74. The molecule has 0 amide bonds. The molecule has 0 spiro atoms. The first-order valence-corrected chi connectivity index (χ1v) is 7.03. The Kier molecular flexibility index (Phi) is 3.42. The molecule has 3 rings (SSSR count). The third kappa shape index (κ3) is 2.45. The molecule has 1 aliphatic rings. The van der Waals surface area contributed by atoms with Crippen molar-refractivity contribution in [1.29, 1.82) is 0 Å². The van der Waals surface area contributed by atoms with Crippen molar-refractivity contribution in [2.45, 2.75) is 31.7 Å². The molecule has 0 saturated heterocycles. The zero-order valence-electron chi connectivity index (χ0n) is 11.6. The van der Waals surface area contributed by atoms with E-state index in [1.54, 1.807) is 7.11 Å². The Morgan fingerprint density at radius 1 is 1.42 bits per heavy atom. The van der Waals surface area contributed by atoms with Crippen molar-refractivity contribution in [3.8, 4) is 5.75 Å². The molecule has 19 heavy (non-hydrogen) atoms. The summed E-state index contributed by atoms with van der Waals surface area (Å²) in [5.74, 6) is 2.11. The van der Waals surface area contributed by atoms with Crippen LogP contribution in [-0.4, -0.2) is 30.3 Å². The predicted molar refractivity (Wildman–Crippen MR) is 76.8 cm³/mol. The summed E-state index contributed by atoms with van der Waals surface area (Å²) in [6, 6.07) is 6.87. The van der Waals surface area contributed by atoms with Gasteiger partial charge in [0.2, 0.25) is 0 Å². The predicted octanol–water partition coefficient (Wildman–Crippen LogP) is 2.53. The quantitative estimate of drug-likeness (QED) is 0.810. The number of benzene rings is 1. The summed E-state index contributed by atoms with van der Waals surface area (Å²) in [5.41, 5.74) is 2.31. The molecular weight excluding hydrogens is 238 g/mol. The maximum absolute atomic E-state index is 5.29. The number of hydrogen-bond donors (Lipinski definition) is 1. The fraction of sp³-hybridized carbons (Fsp3) is 0.533. The Labute approximate surface area is 113 Å². The minimum atomic E-state index is 0.669. The average molecular weight is 259 g/mol. The van der Waals surface area contributed by atoms with Crippen LogP contribution in [0, 0.1) is 0 Å². The van der Waals surface area contributed by atoms with E-state index < -0.39 is 0 Å². The van der Waals surface area contributed by atoms with Crippen LogP contribution >= 0.6 is 0 Å². The second-order valence-electron chi connectivity index (χ2n) is 5.19. The third-order valence-electron chi connectivity index (χ3n) is 3.71. The van der Waals surface area contributed by atoms with Crippen molar-refractivity contribution >= 4 is 11.0 Å². The van der Waals surface area contributed by atoms with E-state index in [9.17, 15) is 0 Å². The Balaban J connectivity index is 1.97. The van der Waals surface area contributed by atoms with Gasteiger partial charge in [-0.05, 0) is 45.0 Å². The topological polar surface area (TPSA) is 39.1 Å². The zero-order valence-corrected chi connectivity index (χ0v) is 11.6. The van der Waals surface area contributed by atoms with Gasteiger partial charge >= 0.3 is 0 Å². The normalized spacial score (nSPS) is 15.1. The number of nitrogens with one attached hydrogen (secondary N) is 1. The summed E-state index contributed by atoms with van der Waals surface area (Å²) >= 11 is 0. The number of rotatable bonds is 6. The van der Waals surface area contributed by atoms with Crippen LogP contribution in [0.15, 0.2) is 18.2 Å². The fourth-order valence-corrected chi connectivity index (χ4v) is 2.60. The molecule has 0 aliphatic heterocycles. The number of imidazole rings is 1. The lowest BCUT2D eigenvalue weighted by atomic mass is 10.3. The molecule has 2 aromatic rings. The number of hydrogen-bond acceptors (Lipinski definition) is 3. The highest BCUT2D eigenvalue weighted by Gasteiger charge is 2.27. The van der Waals surface area contributed by atoms with E-state index in [2.05, 4.69) is 16.0 Å². The van der Waals surface area contributed by atoms with E-state index in [1.165, 1.54) is 24.2 Å². The largest absolute Gasteiger partial charge is 0.497 e. The van der Waals surface area contributed by atoms with Crippen LogP contribution in [-0.2, 0) is 6.42 Å². The maximum atomic E-state index is 5.29. The fourth-order valence-electron chi connectivity index (χ4n) is 2.60. The van der Waals surface area contributed by atoms with Crippen LogP contribution < -0.4 is 10.1 Å². The number of aryl methyl sites for hydroxylation is 1. The Bertz CT molecular complexity index is 572. The third-order valence-corrected chi connectivity index (χ3v) is 3.71. The summed E-state index contributed by atoms with van der Waals surface area (Å²) in [4.78, 5) is 4.81. The maximum Gasteiger partial charge on any atom is 0.121 e. The molecule has 1 fully saturated rings. The Morgan fingerprint density at radius 2 is 2.26 bits per heavy atom. The van der Waals surface area contributed by atoms with Gasteiger partial charge in [-0.15, -0.1) is 0 Å². The lowest BCUT2D eigenvalue weighted by Gasteiger charge is -2.07. The number of nitrogens with zero attached hydrogens (tertiary/aromatic N) is 2. The van der Waals surface area contributed by atoms with Gasteiger partial charge in [0.15, 0.2) is 0 Å². The van der Waals surface area contributed by atoms with Gasteiger partial charge in [0.25, 0.3) is 0 Å². The highest BCUT2D eigenvalue weighted by molar-refractivity contribution is 5.78. The second-order valence-corrected chi connectivity index (χ2v) is 5.19. The van der Waals surface area contributed by atoms with Crippen molar-refractivity contribution < 1.29 is 4.74 Å². The van der Waals surface area contributed by atoms with Crippen molar-refractivity contribution in [2.75, 3.05) is 20.7 Å². The van der Waals surface area contributed by atoms with Gasteiger partial charge in [0.1, 0.15) is 11.6 Å². The molecule has 4 nitrogen and oxygen atoms in total. The molecule has 1 heterocycles. The molecule has 4 heteroatoms. The Morgan fingerprint density at radius 3 is 2.95 bits per heavy atom. The van der Waals surface area contributed by atoms with Crippen LogP contribution in [0.3, 0.4) is 0 Å². The number of fused-ring (bicyclic) bond motifs is 1. The van der Waals surface area contributed by atoms with Gasteiger partial charge in [0, 0.05) is 18.5 Å². The summed E-state index contributed by atoms with van der Waals surface area (Å²) in [5, 5.41) is 3.20. The minimum Gasteiger partial charge on any atom is -0.497 e. The molecule has 0 radical (unpaired) electrons. The molecule has 1 aromatic heterocycles. The van der Waals surface area contributed by atoms with Crippen LogP contribution in [0.4, 0.5) is 0 Å². The first kappa shape index (κ1) is 12.5. The minimum absolute atomic E-state index is 0.669. The zero-order chi connectivity index (χ0) is 13.2. The number of methoxy groups -OCH3 is 1. The van der Waals surface area contributed by atoms with E-state index in [-0.39, 0.29) is 0 Å². The molecule has 1 aliphatic carbocycles. The number of ether oxygens (including phenoxy) is 1. The van der Waals surface area contributed by atoms with E-state index in [4.69, 9.17) is 9.72 Å². The van der Waals surface area contributed by atoms with Crippen LogP contribution in [0.2, 0.25) is 0 Å². The van der Waals surface area contributed by atoms with Gasteiger partial charge in [-0.2, -0.15) is 0 Å². The molecule has 1 N–H and O–H groups in total. The van der Waals surface area contributed by atoms with Crippen LogP contribution in [0.25, 0.3) is 11.0 Å². The highest BCUT2D eigenvalue weighted by Crippen LogP contribution is 2.39. The van der Waals surface area contributed by atoms with Crippen LogP contribution in [0.1, 0.15) is 31.1 Å². The van der Waals surface area contributed by atoms with E-state index >= 15 is 0 Å². The molecule has 0 unspecified atom stereocenters. The van der Waals surface area contributed by atoms with Crippen molar-refractivity contribution in [1.82, 2.24) is 14.9 Å². The highest BCUT2D eigenvalue weighted by atomic mass is 16.5. The van der Waals surface area contributed by atoms with Gasteiger partial charge < -0.3 is 14.6 Å². The summed E-state index contributed by atoms with van der Waals surface area (Å²) < 4.78 is 7.72. The van der Waals surface area contributed by atoms with E-state index in [1.807, 2.05) is 19.2 Å². The van der Waals surface area contributed by atoms with Gasteiger partial charge in [-0.3, -0.25) is 0 Å². The standard InChI is InChI=1S/C15H21N3O/c1-16-9-3-4-15-17-13-10-12(19-2)7-8-14(13)18(15)11-5-6-11/h7-8,10-11,16H,3-6,9H2,1-2H3. The molecule has 1 saturated carbocycles. The first-order chi connectivity index (χ1) is 9.33. The second kappa shape index (κ2) is 5.21. The Hall–Kier alpha value is -1.55. The lowest BCUT2D eigenvalue weighted by Crippen LogP contribution is -2.10. The van der Waals surface area contributed by atoms with E-state index in [0.717, 1.165) is 30.7 Å². The van der Waals surface area contributed by atoms with Crippen molar-refractivity contribution in [3.63, 3.8) is 0 Å². The summed E-state index contributed by atoms with van der Waals surface area (Å²) in [6.45, 7) is 1.04. The van der Waals surface area contributed by atoms with Gasteiger partial charge in [0.05, 0.1) is 18.1 Å². The number of aromatic nitrogens is 2. The molecular formula is C15H21N3O. The van der Waals surface area contributed by atoms with Gasteiger partial charge in [-0.1, -0.05) is 0 Å². The SMILES string of the molecule is CNCCCc1nc2cc(OC)ccc2n1C1CC1. The van der Waals surface area contributed by atoms with Crippen molar-refractivity contribution in [2.24, 2.45) is 0 Å². The van der Waals surface area contributed by atoms with E-state index in [0.29, 0.717) is 6.04 Å². The first-order valence-electron chi connectivity index (χ1n) is 7.03. The molecule has 0 bridgehead atoms. The average Bonchev–Trinajstić information content (AvgIpc) is 3.20. The molecule has 0 atom stereocenters. The summed E-state index contributed by atoms with van der Waals surface area (Å²) in [7, 11) is 3.70. The molecule has 1 aromatic carbocycles.